The third kappa shape index (κ3) is 3.70. The van der Waals surface area contributed by atoms with Crippen molar-refractivity contribution in [2.45, 2.75) is 32.8 Å². The van der Waals surface area contributed by atoms with Crippen LogP contribution in [0.5, 0.6) is 5.88 Å². The van der Waals surface area contributed by atoms with E-state index >= 15 is 0 Å². The first-order chi connectivity index (χ1) is 9.19. The van der Waals surface area contributed by atoms with Gasteiger partial charge in [-0.1, -0.05) is 13.3 Å². The number of aryl methyl sites for hydroxylation is 1. The second-order valence-corrected chi connectivity index (χ2v) is 3.97. The van der Waals surface area contributed by atoms with Crippen molar-refractivity contribution in [3.05, 3.63) is 24.2 Å². The van der Waals surface area contributed by atoms with Crippen molar-refractivity contribution in [2.75, 3.05) is 0 Å². The number of ether oxygens (including phenoxy) is 1. The second-order valence-electron chi connectivity index (χ2n) is 3.97. The van der Waals surface area contributed by atoms with Gasteiger partial charge in [-0.15, -0.1) is 0 Å². The summed E-state index contributed by atoms with van der Waals surface area (Å²) in [6.07, 6.45) is 4.28. The smallest absolute Gasteiger partial charge is 0.388 e. The highest BCUT2D eigenvalue weighted by Crippen LogP contribution is 2.20. The van der Waals surface area contributed by atoms with Crippen LogP contribution in [0.15, 0.2) is 18.3 Å². The summed E-state index contributed by atoms with van der Waals surface area (Å²) in [7, 11) is 0. The molecule has 2 rings (SSSR count). The second kappa shape index (κ2) is 6.21. The number of hydrogen-bond donors (Lipinski definition) is 1. The number of H-pyrrole nitrogens is 1. The van der Waals surface area contributed by atoms with Crippen molar-refractivity contribution in [1.82, 2.24) is 20.2 Å². The molecule has 0 aliphatic carbocycles. The van der Waals surface area contributed by atoms with Crippen LogP contribution >= 0.6 is 0 Å². The first-order valence-electron chi connectivity index (χ1n) is 6.01. The number of unbranched alkanes of at least 4 members (excludes halogenated alkanes) is 1. The fourth-order valence-corrected chi connectivity index (χ4v) is 1.58. The minimum atomic E-state index is -2.89. The van der Waals surface area contributed by atoms with E-state index in [2.05, 4.69) is 31.8 Å². The van der Waals surface area contributed by atoms with Gasteiger partial charge in [0.1, 0.15) is 5.82 Å². The van der Waals surface area contributed by atoms with E-state index in [0.29, 0.717) is 11.4 Å². The lowest BCUT2D eigenvalue weighted by atomic mass is 10.2. The molecule has 5 nitrogen and oxygen atoms in total. The average Bonchev–Trinajstić information content (AvgIpc) is 2.84. The van der Waals surface area contributed by atoms with Crippen LogP contribution in [-0.4, -0.2) is 26.8 Å². The maximum atomic E-state index is 12.1. The van der Waals surface area contributed by atoms with E-state index < -0.39 is 6.61 Å². The lowest BCUT2D eigenvalue weighted by Crippen LogP contribution is -2.03. The number of aromatic amines is 1. The van der Waals surface area contributed by atoms with Crippen molar-refractivity contribution in [1.29, 1.82) is 0 Å². The highest BCUT2D eigenvalue weighted by Gasteiger charge is 2.10. The monoisotopic (exact) mass is 268 g/mol. The number of aromatic nitrogens is 4. The van der Waals surface area contributed by atoms with E-state index in [4.69, 9.17) is 0 Å². The predicted octanol–water partition coefficient (Wildman–Crippen LogP) is 2.81. The van der Waals surface area contributed by atoms with Gasteiger partial charge in [0, 0.05) is 24.2 Å². The molecule has 7 heteroatoms. The number of alkyl halides is 2. The summed E-state index contributed by atoms with van der Waals surface area (Å²) < 4.78 is 28.4. The molecule has 0 amide bonds. The maximum absolute atomic E-state index is 12.1. The standard InChI is InChI=1S/C12H14F2N4O/c1-2-3-4-9-16-11(18-17-9)8-5-6-15-10(7-8)19-12(13)14/h5-7,12H,2-4H2,1H3,(H,16,17,18). The van der Waals surface area contributed by atoms with Crippen molar-refractivity contribution in [2.24, 2.45) is 0 Å². The molecule has 0 saturated carbocycles. The zero-order chi connectivity index (χ0) is 13.7. The molecule has 0 spiro atoms. The van der Waals surface area contributed by atoms with E-state index in [1.807, 2.05) is 0 Å². The Morgan fingerprint density at radius 1 is 1.42 bits per heavy atom. The van der Waals surface area contributed by atoms with Crippen molar-refractivity contribution in [3.63, 3.8) is 0 Å². The van der Waals surface area contributed by atoms with Crippen molar-refractivity contribution >= 4 is 0 Å². The molecule has 0 fully saturated rings. The van der Waals surface area contributed by atoms with E-state index in [1.165, 1.54) is 12.3 Å². The zero-order valence-corrected chi connectivity index (χ0v) is 10.4. The minimum Gasteiger partial charge on any atom is -0.417 e. The number of nitrogens with zero attached hydrogens (tertiary/aromatic N) is 3. The maximum Gasteiger partial charge on any atom is 0.388 e. The number of hydrogen-bond acceptors (Lipinski definition) is 4. The Morgan fingerprint density at radius 2 is 2.26 bits per heavy atom. The number of rotatable bonds is 6. The van der Waals surface area contributed by atoms with Gasteiger partial charge in [0.2, 0.25) is 5.88 Å². The lowest BCUT2D eigenvalue weighted by Gasteiger charge is -2.03. The summed E-state index contributed by atoms with van der Waals surface area (Å²) in [5, 5.41) is 6.88. The summed E-state index contributed by atoms with van der Waals surface area (Å²) in [5.74, 6) is 1.09. The summed E-state index contributed by atoms with van der Waals surface area (Å²) in [6, 6.07) is 3.03. The van der Waals surface area contributed by atoms with Crippen molar-refractivity contribution in [3.8, 4) is 17.3 Å². The molecular weight excluding hydrogens is 254 g/mol. The lowest BCUT2D eigenvalue weighted by molar-refractivity contribution is -0.0528. The molecule has 0 saturated heterocycles. The van der Waals surface area contributed by atoms with E-state index in [-0.39, 0.29) is 5.88 Å². The van der Waals surface area contributed by atoms with Gasteiger partial charge in [0.05, 0.1) is 0 Å². The summed E-state index contributed by atoms with van der Waals surface area (Å²) in [6.45, 7) is -0.802. The average molecular weight is 268 g/mol. The topological polar surface area (TPSA) is 63.7 Å². The molecule has 0 radical (unpaired) electrons. The number of halogens is 2. The molecule has 2 heterocycles. The van der Waals surface area contributed by atoms with Crippen LogP contribution in [0, 0.1) is 0 Å². The Balaban J connectivity index is 2.14. The number of pyridine rings is 1. The Hall–Kier alpha value is -2.05. The minimum absolute atomic E-state index is 0.146. The van der Waals surface area contributed by atoms with Crippen LogP contribution in [0.3, 0.4) is 0 Å². The normalized spacial score (nSPS) is 10.9. The first-order valence-corrected chi connectivity index (χ1v) is 6.01. The molecule has 0 aliphatic heterocycles. The van der Waals surface area contributed by atoms with Crippen LogP contribution in [0.4, 0.5) is 8.78 Å². The molecule has 0 aromatic carbocycles. The van der Waals surface area contributed by atoms with Gasteiger partial charge in [0.15, 0.2) is 5.82 Å². The highest BCUT2D eigenvalue weighted by molar-refractivity contribution is 5.55. The molecule has 2 aromatic heterocycles. The van der Waals surface area contributed by atoms with Gasteiger partial charge in [-0.3, -0.25) is 5.10 Å². The molecule has 102 valence electrons. The van der Waals surface area contributed by atoms with Gasteiger partial charge >= 0.3 is 6.61 Å². The van der Waals surface area contributed by atoms with Crippen LogP contribution in [0.25, 0.3) is 11.4 Å². The molecule has 0 bridgehead atoms. The van der Waals surface area contributed by atoms with Gasteiger partial charge in [-0.2, -0.15) is 13.9 Å². The Labute approximate surface area is 109 Å². The quantitative estimate of drug-likeness (QED) is 0.875. The Kier molecular flexibility index (Phi) is 4.38. The van der Waals surface area contributed by atoms with Gasteiger partial charge in [0.25, 0.3) is 0 Å². The summed E-state index contributed by atoms with van der Waals surface area (Å²) >= 11 is 0. The summed E-state index contributed by atoms with van der Waals surface area (Å²) in [4.78, 5) is 7.99. The largest absolute Gasteiger partial charge is 0.417 e. The molecule has 0 atom stereocenters. The van der Waals surface area contributed by atoms with Crippen LogP contribution in [-0.2, 0) is 6.42 Å². The van der Waals surface area contributed by atoms with Gasteiger partial charge < -0.3 is 4.74 Å². The van der Waals surface area contributed by atoms with Gasteiger partial charge in [-0.25, -0.2) is 9.97 Å². The van der Waals surface area contributed by atoms with E-state index in [9.17, 15) is 8.78 Å². The third-order valence-corrected chi connectivity index (χ3v) is 2.50. The van der Waals surface area contributed by atoms with Crippen molar-refractivity contribution < 1.29 is 13.5 Å². The third-order valence-electron chi connectivity index (χ3n) is 2.50. The highest BCUT2D eigenvalue weighted by atomic mass is 19.3. The molecular formula is C12H14F2N4O. The van der Waals surface area contributed by atoms with Gasteiger partial charge in [-0.05, 0) is 12.5 Å². The molecule has 0 aliphatic rings. The first kappa shape index (κ1) is 13.4. The van der Waals surface area contributed by atoms with Crippen LogP contribution in [0.1, 0.15) is 25.6 Å². The fraction of sp³-hybridized carbons (Fsp3) is 0.417. The predicted molar refractivity (Wildman–Crippen MR) is 64.9 cm³/mol. The molecule has 0 unspecified atom stereocenters. The SMILES string of the molecule is CCCCc1nc(-c2ccnc(OC(F)F)c2)n[nH]1. The Morgan fingerprint density at radius 3 is 3.00 bits per heavy atom. The number of nitrogens with one attached hydrogen (secondary N) is 1. The summed E-state index contributed by atoms with van der Waals surface area (Å²) in [5.41, 5.74) is 0.588. The molecule has 2 aromatic rings. The molecule has 19 heavy (non-hydrogen) atoms. The fourth-order valence-electron chi connectivity index (χ4n) is 1.58. The van der Waals surface area contributed by atoms with E-state index in [1.54, 1.807) is 6.07 Å². The Bertz CT molecular complexity index is 530. The van der Waals surface area contributed by atoms with Crippen LogP contribution < -0.4 is 4.74 Å². The molecule has 1 N–H and O–H groups in total. The zero-order valence-electron chi connectivity index (χ0n) is 10.4. The van der Waals surface area contributed by atoms with E-state index in [0.717, 1.165) is 25.1 Å². The van der Waals surface area contributed by atoms with Crippen LogP contribution in [0.2, 0.25) is 0 Å².